The van der Waals surface area contributed by atoms with Crippen LogP contribution >= 0.6 is 0 Å². The van der Waals surface area contributed by atoms with Crippen molar-refractivity contribution in [3.63, 3.8) is 0 Å². The Bertz CT molecular complexity index is 236. The molecule has 2 heterocycles. The van der Waals surface area contributed by atoms with Gasteiger partial charge in [0.05, 0.1) is 6.54 Å². The summed E-state index contributed by atoms with van der Waals surface area (Å²) in [6.07, 6.45) is 1.45. The summed E-state index contributed by atoms with van der Waals surface area (Å²) in [6, 6.07) is 0. The number of ether oxygens (including phenoxy) is 1. The molecule has 2 aliphatic heterocycles. The zero-order valence-corrected chi connectivity index (χ0v) is 9.34. The maximum absolute atomic E-state index is 5.92. The first-order valence-corrected chi connectivity index (χ1v) is 5.49. The molecule has 0 saturated carbocycles. The molecule has 14 heavy (non-hydrogen) atoms. The Hall–Kier alpha value is -0.570. The van der Waals surface area contributed by atoms with Gasteiger partial charge in [-0.2, -0.15) is 0 Å². The van der Waals surface area contributed by atoms with E-state index in [9.17, 15) is 0 Å². The minimum Gasteiger partial charge on any atom is -0.475 e. The summed E-state index contributed by atoms with van der Waals surface area (Å²) in [5.74, 6) is 1.53. The van der Waals surface area contributed by atoms with Gasteiger partial charge in [-0.05, 0) is 13.0 Å². The molecule has 0 aromatic heterocycles. The number of hydrogen-bond acceptors (Lipinski definition) is 3. The Kier molecular flexibility index (Phi) is 2.52. The number of hydrogen-bond donors (Lipinski definition) is 1. The van der Waals surface area contributed by atoms with Crippen molar-refractivity contribution >= 4 is 5.90 Å². The quantitative estimate of drug-likeness (QED) is 0.688. The second-order valence-corrected chi connectivity index (χ2v) is 5.34. The molecule has 2 atom stereocenters. The Labute approximate surface area is 85.9 Å². The highest BCUT2D eigenvalue weighted by molar-refractivity contribution is 5.80. The van der Waals surface area contributed by atoms with Crippen molar-refractivity contribution < 1.29 is 4.74 Å². The lowest BCUT2D eigenvalue weighted by atomic mass is 9.89. The van der Waals surface area contributed by atoms with E-state index in [1.807, 2.05) is 0 Å². The molecular weight excluding hydrogens is 176 g/mol. The number of nitrogens with one attached hydrogen (secondary N) is 1. The molecule has 0 spiro atoms. The van der Waals surface area contributed by atoms with Crippen molar-refractivity contribution in [1.29, 1.82) is 0 Å². The average molecular weight is 196 g/mol. The third-order valence-electron chi connectivity index (χ3n) is 3.05. The highest BCUT2D eigenvalue weighted by Gasteiger charge is 2.34. The van der Waals surface area contributed by atoms with Gasteiger partial charge >= 0.3 is 0 Å². The van der Waals surface area contributed by atoms with Gasteiger partial charge in [0.2, 0.25) is 0 Å². The third kappa shape index (κ3) is 1.92. The smallest absolute Gasteiger partial charge is 0.188 e. The van der Waals surface area contributed by atoms with E-state index in [0.29, 0.717) is 5.92 Å². The lowest BCUT2D eigenvalue weighted by molar-refractivity contribution is 0.0966. The maximum atomic E-state index is 5.92. The molecule has 0 aliphatic carbocycles. The summed E-state index contributed by atoms with van der Waals surface area (Å²) < 4.78 is 5.92. The van der Waals surface area contributed by atoms with Gasteiger partial charge in [0.15, 0.2) is 5.90 Å². The molecule has 3 heteroatoms. The average Bonchev–Trinajstić information content (AvgIpc) is 2.73. The predicted octanol–water partition coefficient (Wildman–Crippen LogP) is 1.44. The number of aliphatic imine (C=N–C) groups is 1. The Morgan fingerprint density at radius 3 is 2.71 bits per heavy atom. The number of rotatable bonds is 1. The molecule has 0 aromatic rings. The van der Waals surface area contributed by atoms with E-state index in [4.69, 9.17) is 4.74 Å². The molecule has 0 bridgehead atoms. The first kappa shape index (κ1) is 9.97. The zero-order valence-electron chi connectivity index (χ0n) is 9.34. The van der Waals surface area contributed by atoms with Gasteiger partial charge < -0.3 is 10.1 Å². The van der Waals surface area contributed by atoms with Gasteiger partial charge in [-0.25, -0.2) is 0 Å². The van der Waals surface area contributed by atoms with E-state index in [1.54, 1.807) is 0 Å². The van der Waals surface area contributed by atoms with E-state index in [2.05, 4.69) is 31.1 Å². The summed E-state index contributed by atoms with van der Waals surface area (Å²) in [5.41, 5.74) is 0.206. The van der Waals surface area contributed by atoms with E-state index < -0.39 is 0 Å². The van der Waals surface area contributed by atoms with Crippen LogP contribution in [0.4, 0.5) is 0 Å². The van der Waals surface area contributed by atoms with Gasteiger partial charge in [0.1, 0.15) is 6.10 Å². The van der Waals surface area contributed by atoms with Gasteiger partial charge in [-0.15, -0.1) is 0 Å². The van der Waals surface area contributed by atoms with Crippen LogP contribution in [-0.4, -0.2) is 31.6 Å². The van der Waals surface area contributed by atoms with E-state index >= 15 is 0 Å². The van der Waals surface area contributed by atoms with Crippen LogP contribution in [0.5, 0.6) is 0 Å². The lowest BCUT2D eigenvalue weighted by Crippen LogP contribution is -2.31. The molecule has 0 radical (unpaired) electrons. The van der Waals surface area contributed by atoms with Crippen molar-refractivity contribution in [2.75, 3.05) is 19.6 Å². The molecule has 1 fully saturated rings. The summed E-state index contributed by atoms with van der Waals surface area (Å²) in [5, 5.41) is 3.34. The summed E-state index contributed by atoms with van der Waals surface area (Å²) in [7, 11) is 0. The fraction of sp³-hybridized carbons (Fsp3) is 0.909. The van der Waals surface area contributed by atoms with Gasteiger partial charge in [-0.1, -0.05) is 20.8 Å². The second-order valence-electron chi connectivity index (χ2n) is 5.34. The summed E-state index contributed by atoms with van der Waals surface area (Å²) in [4.78, 5) is 4.52. The first-order valence-electron chi connectivity index (χ1n) is 5.49. The molecule has 0 aromatic carbocycles. The largest absolute Gasteiger partial charge is 0.475 e. The van der Waals surface area contributed by atoms with E-state index in [0.717, 1.165) is 25.5 Å². The monoisotopic (exact) mass is 196 g/mol. The minimum atomic E-state index is 0.206. The van der Waals surface area contributed by atoms with E-state index in [-0.39, 0.29) is 11.5 Å². The second kappa shape index (κ2) is 3.54. The zero-order chi connectivity index (χ0) is 10.2. The van der Waals surface area contributed by atoms with Crippen molar-refractivity contribution in [2.24, 2.45) is 16.3 Å². The van der Waals surface area contributed by atoms with E-state index in [1.165, 1.54) is 6.42 Å². The van der Waals surface area contributed by atoms with Crippen LogP contribution < -0.4 is 5.32 Å². The molecule has 1 saturated heterocycles. The Balaban J connectivity index is 1.93. The molecule has 3 nitrogen and oxygen atoms in total. The topological polar surface area (TPSA) is 33.6 Å². The normalized spacial score (nSPS) is 32.9. The van der Waals surface area contributed by atoms with Crippen LogP contribution in [0.15, 0.2) is 4.99 Å². The maximum Gasteiger partial charge on any atom is 0.188 e. The molecular formula is C11H20N2O. The van der Waals surface area contributed by atoms with Crippen LogP contribution in [0.3, 0.4) is 0 Å². The lowest BCUT2D eigenvalue weighted by Gasteiger charge is -2.26. The summed E-state index contributed by atoms with van der Waals surface area (Å²) in [6.45, 7) is 9.62. The standard InChI is InChI=1S/C11H20N2O/c1-11(2,3)9-7-13-10(14-9)8-4-5-12-6-8/h8-9,12H,4-7H2,1-3H3. The van der Waals surface area contributed by atoms with Gasteiger partial charge in [-0.3, -0.25) is 4.99 Å². The summed E-state index contributed by atoms with van der Waals surface area (Å²) >= 11 is 0. The van der Waals surface area contributed by atoms with Crippen LogP contribution in [0.2, 0.25) is 0 Å². The highest BCUT2D eigenvalue weighted by atomic mass is 16.5. The molecule has 80 valence electrons. The minimum absolute atomic E-state index is 0.206. The highest BCUT2D eigenvalue weighted by Crippen LogP contribution is 2.28. The fourth-order valence-electron chi connectivity index (χ4n) is 1.93. The van der Waals surface area contributed by atoms with Crippen LogP contribution in [0, 0.1) is 11.3 Å². The Morgan fingerprint density at radius 1 is 1.43 bits per heavy atom. The first-order chi connectivity index (χ1) is 6.57. The SMILES string of the molecule is CC(C)(C)C1CN=C(C2CCNC2)O1. The van der Waals surface area contributed by atoms with Crippen molar-refractivity contribution in [2.45, 2.75) is 33.3 Å². The predicted molar refractivity (Wildman–Crippen MR) is 57.6 cm³/mol. The van der Waals surface area contributed by atoms with Crippen molar-refractivity contribution in [3.05, 3.63) is 0 Å². The third-order valence-corrected chi connectivity index (χ3v) is 3.05. The molecule has 2 rings (SSSR count). The molecule has 2 unspecified atom stereocenters. The van der Waals surface area contributed by atoms with Crippen molar-refractivity contribution in [3.8, 4) is 0 Å². The van der Waals surface area contributed by atoms with Gasteiger partial charge in [0.25, 0.3) is 0 Å². The van der Waals surface area contributed by atoms with Gasteiger partial charge in [0, 0.05) is 17.9 Å². The Morgan fingerprint density at radius 2 is 2.21 bits per heavy atom. The fourth-order valence-corrected chi connectivity index (χ4v) is 1.93. The molecule has 0 amide bonds. The number of nitrogens with zero attached hydrogens (tertiary/aromatic N) is 1. The molecule has 1 N–H and O–H groups in total. The van der Waals surface area contributed by atoms with Crippen LogP contribution in [0.1, 0.15) is 27.2 Å². The molecule has 2 aliphatic rings. The van der Waals surface area contributed by atoms with Crippen molar-refractivity contribution in [1.82, 2.24) is 5.32 Å². The van der Waals surface area contributed by atoms with Crippen LogP contribution in [-0.2, 0) is 4.74 Å². The van der Waals surface area contributed by atoms with Crippen LogP contribution in [0.25, 0.3) is 0 Å².